The first kappa shape index (κ1) is 39.3. The Morgan fingerprint density at radius 2 is 1.36 bits per heavy atom. The molecule has 0 unspecified atom stereocenters. The molecule has 5 aromatic carbocycles. The second-order valence-corrected chi connectivity index (χ2v) is 18.7. The molecule has 9 rings (SSSR count). The summed E-state index contributed by atoms with van der Waals surface area (Å²) in [6.07, 6.45) is 5.43. The van der Waals surface area contributed by atoms with Crippen LogP contribution in [0, 0.1) is 23.9 Å². The molecule has 61 heavy (non-hydrogen) atoms. The Hall–Kier alpha value is -5.84. The van der Waals surface area contributed by atoms with Gasteiger partial charge in [0, 0.05) is 41.3 Å². The van der Waals surface area contributed by atoms with Gasteiger partial charge in [0.1, 0.15) is 5.82 Å². The van der Waals surface area contributed by atoms with Crippen molar-refractivity contribution in [3.8, 4) is 39.9 Å². The number of benzene rings is 5. The number of nitrogens with zero attached hydrogens (tertiary/aromatic N) is 5. The predicted molar refractivity (Wildman–Crippen MR) is 244 cm³/mol. The van der Waals surface area contributed by atoms with E-state index in [-0.39, 0.29) is 31.9 Å². The van der Waals surface area contributed by atoms with E-state index in [2.05, 4.69) is 148 Å². The molecular weight excluding hydrogens is 930 g/mol. The molecule has 0 aliphatic heterocycles. The van der Waals surface area contributed by atoms with Gasteiger partial charge < -0.3 is 9.30 Å². The summed E-state index contributed by atoms with van der Waals surface area (Å²) in [4.78, 5) is 9.59. The monoisotopic (exact) mass is 982 g/mol. The van der Waals surface area contributed by atoms with E-state index < -0.39 is 11.8 Å². The average Bonchev–Trinajstić information content (AvgIpc) is 3.78. The van der Waals surface area contributed by atoms with Crippen molar-refractivity contribution in [2.45, 2.75) is 79.5 Å². The Morgan fingerprint density at radius 1 is 0.639 bits per heavy atom. The van der Waals surface area contributed by atoms with Crippen molar-refractivity contribution < 1.29 is 33.1 Å². The molecule has 0 N–H and O–H groups in total. The molecule has 6 nitrogen and oxygen atoms in total. The summed E-state index contributed by atoms with van der Waals surface area (Å²) in [5.74, 6) is 2.10. The fourth-order valence-corrected chi connectivity index (χ4v) is 7.77. The Kier molecular flexibility index (Phi) is 10.2. The van der Waals surface area contributed by atoms with Gasteiger partial charge in [-0.15, -0.1) is 17.5 Å². The SMILES string of the molecule is [2H]C([2H])(c1ccnc(-n2c3[c-]c(Oc4[c-]c(-n5[c-][n+](-c6cccc(C(C)(C)C)c6)c6cc(C(C)(C)C)ccc65)ncc4)ccc3c3cc(-c4ccccc4)ccc32)c1)C(C)(C)C.[Pt]. The van der Waals surface area contributed by atoms with Crippen molar-refractivity contribution in [2.75, 3.05) is 0 Å². The number of hydrogen-bond donors (Lipinski definition) is 0. The molecule has 4 heterocycles. The molecule has 0 atom stereocenters. The van der Waals surface area contributed by atoms with Gasteiger partial charge in [-0.3, -0.25) is 14.1 Å². The Balaban J connectivity index is 0.00000544. The van der Waals surface area contributed by atoms with Crippen LogP contribution >= 0.6 is 0 Å². The van der Waals surface area contributed by atoms with Gasteiger partial charge in [-0.2, -0.15) is 18.2 Å². The first-order valence-electron chi connectivity index (χ1n) is 21.6. The zero-order valence-corrected chi connectivity index (χ0v) is 38.4. The number of rotatable bonds is 7. The van der Waals surface area contributed by atoms with Crippen molar-refractivity contribution in [3.05, 3.63) is 169 Å². The molecule has 0 fully saturated rings. The summed E-state index contributed by atoms with van der Waals surface area (Å²) in [6.45, 7) is 19.1. The fourth-order valence-electron chi connectivity index (χ4n) is 7.77. The van der Waals surface area contributed by atoms with Crippen molar-refractivity contribution in [3.63, 3.8) is 0 Å². The molecule has 4 aromatic heterocycles. The molecule has 310 valence electrons. The van der Waals surface area contributed by atoms with Crippen LogP contribution in [0.2, 0.25) is 0 Å². The van der Waals surface area contributed by atoms with E-state index in [1.165, 1.54) is 11.1 Å². The molecule has 0 aliphatic carbocycles. The minimum Gasteiger partial charge on any atom is -0.522 e. The largest absolute Gasteiger partial charge is 0.522 e. The van der Waals surface area contributed by atoms with Crippen LogP contribution in [-0.2, 0) is 38.3 Å². The first-order chi connectivity index (χ1) is 29.4. The first-order valence-corrected chi connectivity index (χ1v) is 20.6. The maximum absolute atomic E-state index is 9.07. The quantitative estimate of drug-likeness (QED) is 0.118. The molecule has 0 bridgehead atoms. The molecule has 0 amide bonds. The van der Waals surface area contributed by atoms with Gasteiger partial charge in [-0.1, -0.05) is 141 Å². The average molecular weight is 983 g/mol. The Morgan fingerprint density at radius 3 is 2.11 bits per heavy atom. The number of imidazole rings is 1. The third-order valence-electron chi connectivity index (χ3n) is 10.8. The summed E-state index contributed by atoms with van der Waals surface area (Å²) < 4.78 is 30.8. The summed E-state index contributed by atoms with van der Waals surface area (Å²) in [5, 5.41) is 2.00. The van der Waals surface area contributed by atoms with Crippen LogP contribution in [0.4, 0.5) is 0 Å². The van der Waals surface area contributed by atoms with E-state index >= 15 is 0 Å². The number of hydrogen-bond acceptors (Lipinski definition) is 3. The standard InChI is InChI=1S/C54H51N5O.Pt/c1-52(2,3)34-36-24-26-56-51(28-36)59-46-22-18-38(37-14-11-10-12-15-37)29-45(46)44-21-20-42(32-48(44)59)60-43-25-27-55-50(33-43)58-35-57(41-17-13-16-39(30-41)53(4,5)6)49-31-40(54(7,8)9)19-23-47(49)58;/h10-31H,34H2,1-9H3;/q-2;/i34D2;. The maximum atomic E-state index is 9.07. The number of ether oxygens (including phenoxy) is 1. The molecule has 0 saturated carbocycles. The van der Waals surface area contributed by atoms with Crippen LogP contribution in [0.5, 0.6) is 11.5 Å². The summed E-state index contributed by atoms with van der Waals surface area (Å²) in [5.41, 5.74) is 9.19. The van der Waals surface area contributed by atoms with E-state index in [0.717, 1.165) is 49.7 Å². The maximum Gasteiger partial charge on any atom is 0.269 e. The second kappa shape index (κ2) is 15.9. The predicted octanol–water partition coefficient (Wildman–Crippen LogP) is 12.8. The number of aromatic nitrogens is 5. The van der Waals surface area contributed by atoms with Crippen LogP contribution in [0.25, 0.3) is 61.3 Å². The zero-order valence-electron chi connectivity index (χ0n) is 38.2. The topological polar surface area (TPSA) is 48.8 Å². The van der Waals surface area contributed by atoms with E-state index in [1.54, 1.807) is 24.5 Å². The van der Waals surface area contributed by atoms with Crippen molar-refractivity contribution >= 4 is 32.8 Å². The van der Waals surface area contributed by atoms with Crippen LogP contribution in [0.1, 0.15) is 81.7 Å². The van der Waals surface area contributed by atoms with Gasteiger partial charge in [0.2, 0.25) is 0 Å². The van der Waals surface area contributed by atoms with Crippen molar-refractivity contribution in [2.24, 2.45) is 5.41 Å². The minimum atomic E-state index is -1.61. The van der Waals surface area contributed by atoms with Crippen molar-refractivity contribution in [1.82, 2.24) is 19.1 Å². The summed E-state index contributed by atoms with van der Waals surface area (Å²) >= 11 is 0. The molecule has 0 radical (unpaired) electrons. The molecule has 0 saturated heterocycles. The number of fused-ring (bicyclic) bond motifs is 4. The van der Waals surface area contributed by atoms with Crippen LogP contribution in [-0.4, -0.2) is 19.1 Å². The molecule has 9 aromatic rings. The molecule has 0 spiro atoms. The smallest absolute Gasteiger partial charge is 0.269 e. The normalized spacial score (nSPS) is 13.0. The van der Waals surface area contributed by atoms with Crippen LogP contribution in [0.3, 0.4) is 0 Å². The van der Waals surface area contributed by atoms with Gasteiger partial charge in [0.05, 0.1) is 22.5 Å². The van der Waals surface area contributed by atoms with E-state index in [1.807, 2.05) is 55.7 Å². The van der Waals surface area contributed by atoms with Gasteiger partial charge in [-0.25, -0.2) is 4.98 Å². The van der Waals surface area contributed by atoms with Gasteiger partial charge in [0.15, 0.2) is 0 Å². The zero-order chi connectivity index (χ0) is 43.8. The Labute approximate surface area is 377 Å². The molecule has 7 heteroatoms. The fraction of sp³-hybridized carbons (Fsp3) is 0.241. The van der Waals surface area contributed by atoms with E-state index in [9.17, 15) is 0 Å². The Bertz CT molecular complexity index is 3150. The third kappa shape index (κ3) is 8.44. The third-order valence-corrected chi connectivity index (χ3v) is 10.8. The summed E-state index contributed by atoms with van der Waals surface area (Å²) in [7, 11) is 0. The minimum absolute atomic E-state index is 0. The van der Waals surface area contributed by atoms with E-state index in [4.69, 9.17) is 17.4 Å². The van der Waals surface area contributed by atoms with Gasteiger partial charge >= 0.3 is 0 Å². The second-order valence-electron chi connectivity index (χ2n) is 18.7. The van der Waals surface area contributed by atoms with Gasteiger partial charge in [-0.05, 0) is 98.0 Å². The van der Waals surface area contributed by atoms with Crippen LogP contribution in [0.15, 0.2) is 134 Å². The van der Waals surface area contributed by atoms with Crippen molar-refractivity contribution in [1.29, 1.82) is 0 Å². The number of pyridine rings is 2. The van der Waals surface area contributed by atoms with E-state index in [0.29, 0.717) is 28.7 Å². The van der Waals surface area contributed by atoms with Crippen LogP contribution < -0.4 is 9.30 Å². The molecular formula is C54H51N5OPt-2. The summed E-state index contributed by atoms with van der Waals surface area (Å²) in [6, 6.07) is 48.4. The molecule has 0 aliphatic rings. The van der Waals surface area contributed by atoms with Gasteiger partial charge in [0.25, 0.3) is 6.33 Å².